The van der Waals surface area contributed by atoms with Crippen molar-refractivity contribution in [1.29, 1.82) is 0 Å². The standard InChI is InChI=1S/C14H10BrN3O2/c1-20-14(19)12-11-6-3-7-16-18(11)13(17-12)9-4-2-5-10(15)8-9/h2-8H,1H3. The van der Waals surface area contributed by atoms with Gasteiger partial charge in [-0.2, -0.15) is 5.10 Å². The molecule has 0 bridgehead atoms. The minimum absolute atomic E-state index is 0.260. The fraction of sp³-hybridized carbons (Fsp3) is 0.0714. The van der Waals surface area contributed by atoms with E-state index < -0.39 is 5.97 Å². The molecule has 2 aromatic heterocycles. The van der Waals surface area contributed by atoms with E-state index in [0.29, 0.717) is 11.3 Å². The highest BCUT2D eigenvalue weighted by atomic mass is 79.9. The third-order valence-electron chi connectivity index (χ3n) is 2.87. The molecular formula is C14H10BrN3O2. The molecule has 0 radical (unpaired) electrons. The maximum absolute atomic E-state index is 11.8. The molecule has 1 aromatic carbocycles. The maximum atomic E-state index is 11.8. The Balaban J connectivity index is 2.29. The van der Waals surface area contributed by atoms with Crippen molar-refractivity contribution in [2.45, 2.75) is 0 Å². The maximum Gasteiger partial charge on any atom is 0.359 e. The molecule has 5 nitrogen and oxygen atoms in total. The predicted octanol–water partition coefficient (Wildman–Crippen LogP) is 2.95. The molecule has 0 aliphatic rings. The van der Waals surface area contributed by atoms with Crippen LogP contribution in [0.25, 0.3) is 16.9 Å². The normalized spacial score (nSPS) is 10.7. The van der Waals surface area contributed by atoms with Gasteiger partial charge in [-0.1, -0.05) is 28.1 Å². The van der Waals surface area contributed by atoms with Crippen LogP contribution in [0.5, 0.6) is 0 Å². The van der Waals surface area contributed by atoms with Crippen LogP contribution in [-0.4, -0.2) is 27.7 Å². The van der Waals surface area contributed by atoms with Crippen molar-refractivity contribution in [3.8, 4) is 11.4 Å². The van der Waals surface area contributed by atoms with Gasteiger partial charge in [0.2, 0.25) is 0 Å². The first-order valence-electron chi connectivity index (χ1n) is 5.88. The number of rotatable bonds is 2. The van der Waals surface area contributed by atoms with Crippen molar-refractivity contribution in [3.63, 3.8) is 0 Å². The molecular weight excluding hydrogens is 322 g/mol. The van der Waals surface area contributed by atoms with E-state index >= 15 is 0 Å². The molecule has 0 aliphatic heterocycles. The summed E-state index contributed by atoms with van der Waals surface area (Å²) in [6, 6.07) is 11.2. The third-order valence-corrected chi connectivity index (χ3v) is 3.37. The number of hydrogen-bond acceptors (Lipinski definition) is 4. The zero-order chi connectivity index (χ0) is 14.1. The van der Waals surface area contributed by atoms with E-state index in [2.05, 4.69) is 26.0 Å². The van der Waals surface area contributed by atoms with Gasteiger partial charge < -0.3 is 4.74 Å². The fourth-order valence-electron chi connectivity index (χ4n) is 1.99. The molecule has 0 saturated heterocycles. The van der Waals surface area contributed by atoms with Crippen LogP contribution in [0.15, 0.2) is 47.1 Å². The van der Waals surface area contributed by atoms with Gasteiger partial charge in [-0.3, -0.25) is 0 Å². The van der Waals surface area contributed by atoms with Crippen molar-refractivity contribution in [2.75, 3.05) is 7.11 Å². The van der Waals surface area contributed by atoms with E-state index in [1.165, 1.54) is 7.11 Å². The minimum atomic E-state index is -0.475. The van der Waals surface area contributed by atoms with Crippen molar-refractivity contribution < 1.29 is 9.53 Å². The van der Waals surface area contributed by atoms with Gasteiger partial charge >= 0.3 is 5.97 Å². The van der Waals surface area contributed by atoms with E-state index in [9.17, 15) is 4.79 Å². The SMILES string of the molecule is COC(=O)c1nc(-c2cccc(Br)c2)n2ncccc12. The summed E-state index contributed by atoms with van der Waals surface area (Å²) in [6.07, 6.45) is 1.65. The molecule has 0 atom stereocenters. The number of carbonyl (C=O) groups is 1. The molecule has 100 valence electrons. The lowest BCUT2D eigenvalue weighted by molar-refractivity contribution is 0.0597. The number of nitrogens with zero attached hydrogens (tertiary/aromatic N) is 3. The molecule has 0 N–H and O–H groups in total. The summed E-state index contributed by atoms with van der Waals surface area (Å²) in [5, 5.41) is 4.26. The summed E-state index contributed by atoms with van der Waals surface area (Å²) in [5.74, 6) is 0.124. The summed E-state index contributed by atoms with van der Waals surface area (Å²) in [4.78, 5) is 16.2. The number of aromatic nitrogens is 3. The van der Waals surface area contributed by atoms with Gasteiger partial charge in [-0.25, -0.2) is 14.3 Å². The van der Waals surface area contributed by atoms with Gasteiger partial charge in [0.1, 0.15) is 5.52 Å². The van der Waals surface area contributed by atoms with Crippen LogP contribution in [0, 0.1) is 0 Å². The van der Waals surface area contributed by atoms with Crippen molar-refractivity contribution in [1.82, 2.24) is 14.6 Å². The number of halogens is 1. The third kappa shape index (κ3) is 2.08. The van der Waals surface area contributed by atoms with Crippen LogP contribution < -0.4 is 0 Å². The minimum Gasteiger partial charge on any atom is -0.464 e. The van der Waals surface area contributed by atoms with E-state index in [4.69, 9.17) is 4.74 Å². The summed E-state index contributed by atoms with van der Waals surface area (Å²) >= 11 is 3.42. The van der Waals surface area contributed by atoms with E-state index in [-0.39, 0.29) is 5.69 Å². The van der Waals surface area contributed by atoms with E-state index in [1.807, 2.05) is 24.3 Å². The first-order valence-corrected chi connectivity index (χ1v) is 6.68. The summed E-state index contributed by atoms with van der Waals surface area (Å²) in [5.41, 5.74) is 1.74. The second-order valence-electron chi connectivity index (χ2n) is 4.11. The van der Waals surface area contributed by atoms with Crippen LogP contribution >= 0.6 is 15.9 Å². The van der Waals surface area contributed by atoms with Gasteiger partial charge in [0.25, 0.3) is 0 Å². The Morgan fingerprint density at radius 1 is 1.30 bits per heavy atom. The lowest BCUT2D eigenvalue weighted by atomic mass is 10.2. The second kappa shape index (κ2) is 5.05. The molecule has 0 aliphatic carbocycles. The van der Waals surface area contributed by atoms with Gasteiger partial charge in [-0.05, 0) is 24.3 Å². The van der Waals surface area contributed by atoms with Gasteiger partial charge in [-0.15, -0.1) is 0 Å². The Hall–Kier alpha value is -2.21. The van der Waals surface area contributed by atoms with Crippen LogP contribution in [0.4, 0.5) is 0 Å². The number of ether oxygens (including phenoxy) is 1. The summed E-state index contributed by atoms with van der Waals surface area (Å²) in [6.45, 7) is 0. The highest BCUT2D eigenvalue weighted by Crippen LogP contribution is 2.24. The molecule has 20 heavy (non-hydrogen) atoms. The average Bonchev–Trinajstić information content (AvgIpc) is 2.86. The molecule has 6 heteroatoms. The quantitative estimate of drug-likeness (QED) is 0.677. The summed E-state index contributed by atoms with van der Waals surface area (Å²) < 4.78 is 7.33. The number of hydrogen-bond donors (Lipinski definition) is 0. The molecule has 3 aromatic rings. The second-order valence-corrected chi connectivity index (χ2v) is 5.02. The smallest absolute Gasteiger partial charge is 0.359 e. The molecule has 0 fully saturated rings. The van der Waals surface area contributed by atoms with E-state index in [0.717, 1.165) is 10.0 Å². The number of carbonyl (C=O) groups excluding carboxylic acids is 1. The van der Waals surface area contributed by atoms with Crippen molar-refractivity contribution in [3.05, 3.63) is 52.8 Å². The Kier molecular flexibility index (Phi) is 3.23. The monoisotopic (exact) mass is 331 g/mol. The number of imidazole rings is 1. The first kappa shape index (κ1) is 12.8. The Bertz CT molecular complexity index is 798. The van der Waals surface area contributed by atoms with Crippen LogP contribution in [-0.2, 0) is 4.74 Å². The molecule has 0 unspecified atom stereocenters. The Morgan fingerprint density at radius 2 is 2.15 bits per heavy atom. The zero-order valence-electron chi connectivity index (χ0n) is 10.6. The lowest BCUT2D eigenvalue weighted by Crippen LogP contribution is -2.02. The predicted molar refractivity (Wildman–Crippen MR) is 77.5 cm³/mol. The molecule has 0 saturated carbocycles. The fourth-order valence-corrected chi connectivity index (χ4v) is 2.39. The van der Waals surface area contributed by atoms with Gasteiger partial charge in [0.05, 0.1) is 7.11 Å². The molecule has 0 amide bonds. The largest absolute Gasteiger partial charge is 0.464 e. The Morgan fingerprint density at radius 3 is 2.90 bits per heavy atom. The van der Waals surface area contributed by atoms with Gasteiger partial charge in [0, 0.05) is 16.2 Å². The number of methoxy groups -OCH3 is 1. The topological polar surface area (TPSA) is 56.5 Å². The van der Waals surface area contributed by atoms with Crippen molar-refractivity contribution in [2.24, 2.45) is 0 Å². The van der Waals surface area contributed by atoms with Crippen molar-refractivity contribution >= 4 is 27.4 Å². The first-order chi connectivity index (χ1) is 9.70. The molecule has 0 spiro atoms. The number of esters is 1. The van der Waals surface area contributed by atoms with Crippen LogP contribution in [0.2, 0.25) is 0 Å². The van der Waals surface area contributed by atoms with Crippen LogP contribution in [0.1, 0.15) is 10.5 Å². The number of benzene rings is 1. The average molecular weight is 332 g/mol. The molecule has 2 heterocycles. The van der Waals surface area contributed by atoms with Gasteiger partial charge in [0.15, 0.2) is 11.5 Å². The zero-order valence-corrected chi connectivity index (χ0v) is 12.2. The lowest BCUT2D eigenvalue weighted by Gasteiger charge is -2.00. The highest BCUT2D eigenvalue weighted by molar-refractivity contribution is 9.10. The van der Waals surface area contributed by atoms with E-state index in [1.54, 1.807) is 22.8 Å². The van der Waals surface area contributed by atoms with Crippen LogP contribution in [0.3, 0.4) is 0 Å². The Labute approximate surface area is 123 Å². The molecule has 3 rings (SSSR count). The summed E-state index contributed by atoms with van der Waals surface area (Å²) in [7, 11) is 1.34. The number of fused-ring (bicyclic) bond motifs is 1. The highest BCUT2D eigenvalue weighted by Gasteiger charge is 2.19.